The minimum absolute atomic E-state index is 0.000599. The van der Waals surface area contributed by atoms with Gasteiger partial charge in [-0.3, -0.25) is 4.79 Å². The molecule has 2 heterocycles. The van der Waals surface area contributed by atoms with E-state index in [9.17, 15) is 4.79 Å². The maximum Gasteiger partial charge on any atom is 0.309 e. The number of furan rings is 1. The van der Waals surface area contributed by atoms with Crippen LogP contribution in [0.5, 0.6) is 0 Å². The topological polar surface area (TPSA) is 48.7 Å². The molecule has 2 fully saturated rings. The predicted octanol–water partition coefficient (Wildman–Crippen LogP) is 2.50. The van der Waals surface area contributed by atoms with Crippen LogP contribution in [0.3, 0.4) is 0 Å². The average molecular weight is 250 g/mol. The Hall–Kier alpha value is -1.29. The van der Waals surface area contributed by atoms with Crippen molar-refractivity contribution in [2.24, 2.45) is 5.92 Å². The van der Waals surface area contributed by atoms with E-state index in [0.717, 1.165) is 38.1 Å². The second-order valence-electron chi connectivity index (χ2n) is 5.06. The highest BCUT2D eigenvalue weighted by molar-refractivity contribution is 5.77. The van der Waals surface area contributed by atoms with Crippen molar-refractivity contribution in [3.8, 4) is 0 Å². The quantitative estimate of drug-likeness (QED) is 0.753. The molecule has 1 aliphatic carbocycles. The monoisotopic (exact) mass is 250 g/mol. The van der Waals surface area contributed by atoms with Crippen molar-refractivity contribution in [1.82, 2.24) is 0 Å². The van der Waals surface area contributed by atoms with Gasteiger partial charge < -0.3 is 13.9 Å². The lowest BCUT2D eigenvalue weighted by Crippen LogP contribution is -2.14. The van der Waals surface area contributed by atoms with Crippen molar-refractivity contribution < 1.29 is 18.7 Å². The highest BCUT2D eigenvalue weighted by Crippen LogP contribution is 2.48. The summed E-state index contributed by atoms with van der Waals surface area (Å²) in [6, 6.07) is 3.78. The molecule has 2 aliphatic rings. The first-order chi connectivity index (χ1) is 8.84. The van der Waals surface area contributed by atoms with E-state index < -0.39 is 0 Å². The maximum absolute atomic E-state index is 11.8. The van der Waals surface area contributed by atoms with E-state index in [2.05, 4.69) is 0 Å². The van der Waals surface area contributed by atoms with E-state index in [-0.39, 0.29) is 23.9 Å². The van der Waals surface area contributed by atoms with Gasteiger partial charge in [0, 0.05) is 18.9 Å². The Kier molecular flexibility index (Phi) is 3.37. The first-order valence-corrected chi connectivity index (χ1v) is 6.66. The van der Waals surface area contributed by atoms with Gasteiger partial charge in [0.15, 0.2) is 0 Å². The van der Waals surface area contributed by atoms with Gasteiger partial charge in [-0.05, 0) is 31.4 Å². The highest BCUT2D eigenvalue weighted by atomic mass is 16.5. The Morgan fingerprint density at radius 1 is 1.50 bits per heavy atom. The molecule has 1 saturated heterocycles. The zero-order valence-electron chi connectivity index (χ0n) is 10.3. The Balaban J connectivity index is 1.38. The fraction of sp³-hybridized carbons (Fsp3) is 0.643. The zero-order valence-corrected chi connectivity index (χ0v) is 10.3. The van der Waals surface area contributed by atoms with Crippen molar-refractivity contribution >= 4 is 5.97 Å². The van der Waals surface area contributed by atoms with E-state index in [1.807, 2.05) is 12.1 Å². The van der Waals surface area contributed by atoms with Crippen molar-refractivity contribution in [2.45, 2.75) is 37.7 Å². The van der Waals surface area contributed by atoms with Crippen LogP contribution in [-0.4, -0.2) is 25.3 Å². The first kappa shape index (κ1) is 11.8. The third-order valence-electron chi connectivity index (χ3n) is 3.71. The van der Waals surface area contributed by atoms with Crippen LogP contribution in [0.1, 0.15) is 37.4 Å². The number of carbonyl (C=O) groups excluding carboxylic acids is 1. The summed E-state index contributed by atoms with van der Waals surface area (Å²) in [6.07, 6.45) is 5.83. The molecular weight excluding hydrogens is 232 g/mol. The molecule has 4 nitrogen and oxygen atoms in total. The zero-order chi connectivity index (χ0) is 12.4. The summed E-state index contributed by atoms with van der Waals surface area (Å²) in [5, 5.41) is 0. The molecule has 0 spiro atoms. The van der Waals surface area contributed by atoms with Gasteiger partial charge in [0.05, 0.1) is 24.9 Å². The molecule has 0 radical (unpaired) electrons. The molecule has 0 amide bonds. The first-order valence-electron chi connectivity index (χ1n) is 6.66. The van der Waals surface area contributed by atoms with Crippen LogP contribution in [0.15, 0.2) is 22.8 Å². The number of hydrogen-bond acceptors (Lipinski definition) is 4. The molecular formula is C14H18O4. The van der Waals surface area contributed by atoms with E-state index in [0.29, 0.717) is 6.61 Å². The van der Waals surface area contributed by atoms with Gasteiger partial charge in [0.2, 0.25) is 0 Å². The Morgan fingerprint density at radius 3 is 3.17 bits per heavy atom. The summed E-state index contributed by atoms with van der Waals surface area (Å²) >= 11 is 0. The standard InChI is InChI=1S/C14H18O4/c15-14(18-8-5-10-3-1-6-16-10)12-9-11(12)13-4-2-7-17-13/h2,4,7,10-12H,1,3,5-6,8-9H2. The summed E-state index contributed by atoms with van der Waals surface area (Å²) in [7, 11) is 0. The van der Waals surface area contributed by atoms with Crippen molar-refractivity contribution in [3.05, 3.63) is 24.2 Å². The van der Waals surface area contributed by atoms with Crippen LogP contribution in [0.25, 0.3) is 0 Å². The molecule has 1 aliphatic heterocycles. The van der Waals surface area contributed by atoms with Crippen LogP contribution in [0, 0.1) is 5.92 Å². The maximum atomic E-state index is 11.8. The Morgan fingerprint density at radius 2 is 2.44 bits per heavy atom. The molecule has 18 heavy (non-hydrogen) atoms. The van der Waals surface area contributed by atoms with Gasteiger partial charge in [-0.15, -0.1) is 0 Å². The molecule has 3 atom stereocenters. The minimum atomic E-state index is -0.0885. The van der Waals surface area contributed by atoms with E-state index >= 15 is 0 Å². The number of esters is 1. The summed E-state index contributed by atoms with van der Waals surface area (Å²) in [5.41, 5.74) is 0. The number of ether oxygens (including phenoxy) is 2. The van der Waals surface area contributed by atoms with Gasteiger partial charge in [0.25, 0.3) is 0 Å². The normalized spacial score (nSPS) is 30.3. The number of hydrogen-bond donors (Lipinski definition) is 0. The van der Waals surface area contributed by atoms with Gasteiger partial charge in [-0.25, -0.2) is 0 Å². The lowest BCUT2D eigenvalue weighted by Gasteiger charge is -2.09. The van der Waals surface area contributed by atoms with E-state index in [1.54, 1.807) is 6.26 Å². The number of rotatable bonds is 5. The SMILES string of the molecule is O=C(OCCC1CCCO1)C1CC1c1ccco1. The third-order valence-corrected chi connectivity index (χ3v) is 3.71. The molecule has 3 unspecified atom stereocenters. The molecule has 3 rings (SSSR count). The fourth-order valence-electron chi connectivity index (χ4n) is 2.54. The third kappa shape index (κ3) is 2.58. The summed E-state index contributed by atoms with van der Waals surface area (Å²) < 4.78 is 16.1. The molecule has 1 aromatic rings. The van der Waals surface area contributed by atoms with E-state index in [1.165, 1.54) is 0 Å². The van der Waals surface area contributed by atoms with Crippen LogP contribution in [0.2, 0.25) is 0 Å². The smallest absolute Gasteiger partial charge is 0.309 e. The highest BCUT2D eigenvalue weighted by Gasteiger charge is 2.47. The van der Waals surface area contributed by atoms with Crippen molar-refractivity contribution in [3.63, 3.8) is 0 Å². The predicted molar refractivity (Wildman–Crippen MR) is 64.1 cm³/mol. The van der Waals surface area contributed by atoms with Gasteiger partial charge in [0.1, 0.15) is 5.76 Å². The summed E-state index contributed by atoms with van der Waals surface area (Å²) in [5.74, 6) is 1.04. The van der Waals surface area contributed by atoms with Gasteiger partial charge in [-0.2, -0.15) is 0 Å². The molecule has 0 N–H and O–H groups in total. The number of carbonyl (C=O) groups is 1. The van der Waals surface area contributed by atoms with Crippen molar-refractivity contribution in [1.29, 1.82) is 0 Å². The average Bonchev–Trinajstić information content (AvgIpc) is 2.84. The molecule has 0 aromatic carbocycles. The molecule has 0 bridgehead atoms. The second kappa shape index (κ2) is 5.14. The molecule has 4 heteroatoms. The Bertz CT molecular complexity index is 392. The van der Waals surface area contributed by atoms with Crippen LogP contribution in [0.4, 0.5) is 0 Å². The minimum Gasteiger partial charge on any atom is -0.469 e. The molecule has 1 aromatic heterocycles. The Labute approximate surface area is 106 Å². The lowest BCUT2D eigenvalue weighted by atomic mass is 10.2. The second-order valence-corrected chi connectivity index (χ2v) is 5.06. The summed E-state index contributed by atoms with van der Waals surface area (Å²) in [6.45, 7) is 1.33. The van der Waals surface area contributed by atoms with E-state index in [4.69, 9.17) is 13.9 Å². The van der Waals surface area contributed by atoms with Crippen LogP contribution in [-0.2, 0) is 14.3 Å². The largest absolute Gasteiger partial charge is 0.469 e. The fourth-order valence-corrected chi connectivity index (χ4v) is 2.54. The lowest BCUT2D eigenvalue weighted by molar-refractivity contribution is -0.146. The molecule has 98 valence electrons. The van der Waals surface area contributed by atoms with Crippen molar-refractivity contribution in [2.75, 3.05) is 13.2 Å². The van der Waals surface area contributed by atoms with Gasteiger partial charge >= 0.3 is 5.97 Å². The summed E-state index contributed by atoms with van der Waals surface area (Å²) in [4.78, 5) is 11.8. The molecule has 1 saturated carbocycles. The van der Waals surface area contributed by atoms with Crippen LogP contribution >= 0.6 is 0 Å². The van der Waals surface area contributed by atoms with Gasteiger partial charge in [-0.1, -0.05) is 0 Å². The van der Waals surface area contributed by atoms with Crippen LogP contribution < -0.4 is 0 Å².